The third-order valence-corrected chi connectivity index (χ3v) is 2.88. The van der Waals surface area contributed by atoms with Crippen molar-refractivity contribution >= 4 is 0 Å². The minimum atomic E-state index is -0.599. The highest BCUT2D eigenvalue weighted by Gasteiger charge is 2.13. The van der Waals surface area contributed by atoms with E-state index in [0.29, 0.717) is 23.5 Å². The van der Waals surface area contributed by atoms with Gasteiger partial charge in [-0.2, -0.15) is 0 Å². The van der Waals surface area contributed by atoms with Crippen LogP contribution in [0.1, 0.15) is 30.8 Å². The first-order valence-corrected chi connectivity index (χ1v) is 5.66. The molecule has 17 heavy (non-hydrogen) atoms. The van der Waals surface area contributed by atoms with Crippen molar-refractivity contribution in [1.29, 1.82) is 0 Å². The normalized spacial score (nSPS) is 12.7. The zero-order valence-electron chi connectivity index (χ0n) is 9.90. The van der Waals surface area contributed by atoms with E-state index in [9.17, 15) is 9.50 Å². The minimum Gasteiger partial charge on any atom is -0.458 e. The fourth-order valence-electron chi connectivity index (χ4n) is 1.75. The summed E-state index contributed by atoms with van der Waals surface area (Å²) in [6, 6.07) is 8.36. The van der Waals surface area contributed by atoms with Gasteiger partial charge in [-0.3, -0.25) is 0 Å². The number of hydrogen-bond donors (Lipinski definition) is 1. The molecule has 0 amide bonds. The van der Waals surface area contributed by atoms with Crippen molar-refractivity contribution in [3.8, 4) is 11.3 Å². The van der Waals surface area contributed by atoms with Gasteiger partial charge in [0, 0.05) is 5.56 Å². The molecule has 1 N–H and O–H groups in total. The molecular formula is C14H15FO2. The third kappa shape index (κ3) is 2.24. The van der Waals surface area contributed by atoms with E-state index in [1.54, 1.807) is 31.2 Å². The Hall–Kier alpha value is -1.61. The second kappa shape index (κ2) is 4.72. The number of hydrogen-bond acceptors (Lipinski definition) is 2. The number of halogens is 1. The van der Waals surface area contributed by atoms with E-state index in [1.165, 1.54) is 6.07 Å². The van der Waals surface area contributed by atoms with Crippen LogP contribution in [0.5, 0.6) is 0 Å². The molecule has 1 aromatic heterocycles. The van der Waals surface area contributed by atoms with Crippen LogP contribution in [0, 0.1) is 12.7 Å². The first-order valence-electron chi connectivity index (χ1n) is 5.66. The summed E-state index contributed by atoms with van der Waals surface area (Å²) >= 11 is 0. The van der Waals surface area contributed by atoms with E-state index >= 15 is 0 Å². The Morgan fingerprint density at radius 1 is 1.29 bits per heavy atom. The van der Waals surface area contributed by atoms with Crippen molar-refractivity contribution in [3.63, 3.8) is 0 Å². The first-order chi connectivity index (χ1) is 8.13. The molecular weight excluding hydrogens is 219 g/mol. The molecule has 0 aliphatic carbocycles. The maximum absolute atomic E-state index is 13.4. The van der Waals surface area contributed by atoms with Crippen molar-refractivity contribution in [2.45, 2.75) is 26.4 Å². The third-order valence-electron chi connectivity index (χ3n) is 2.88. The number of aliphatic hydroxyl groups is 1. The van der Waals surface area contributed by atoms with Crippen molar-refractivity contribution in [3.05, 3.63) is 47.5 Å². The fraction of sp³-hybridized carbons (Fsp3) is 0.286. The minimum absolute atomic E-state index is 0.253. The van der Waals surface area contributed by atoms with Crippen molar-refractivity contribution in [2.24, 2.45) is 0 Å². The topological polar surface area (TPSA) is 33.4 Å². The van der Waals surface area contributed by atoms with E-state index in [4.69, 9.17) is 4.42 Å². The fourth-order valence-corrected chi connectivity index (χ4v) is 1.75. The molecule has 90 valence electrons. The van der Waals surface area contributed by atoms with E-state index in [0.717, 1.165) is 5.56 Å². The lowest BCUT2D eigenvalue weighted by Gasteiger charge is -2.05. The SMILES string of the molecule is CCC(O)c1ccc(-c2cccc(F)c2C)o1. The molecule has 0 radical (unpaired) electrons. The highest BCUT2D eigenvalue weighted by atomic mass is 19.1. The van der Waals surface area contributed by atoms with E-state index < -0.39 is 6.10 Å². The Bertz CT molecular complexity index is 517. The number of aliphatic hydroxyl groups excluding tert-OH is 1. The van der Waals surface area contributed by atoms with Gasteiger partial charge in [-0.15, -0.1) is 0 Å². The molecule has 1 atom stereocenters. The summed E-state index contributed by atoms with van der Waals surface area (Å²) in [7, 11) is 0. The zero-order valence-corrected chi connectivity index (χ0v) is 9.90. The smallest absolute Gasteiger partial charge is 0.134 e. The molecule has 2 aromatic rings. The van der Waals surface area contributed by atoms with Gasteiger partial charge in [-0.1, -0.05) is 19.1 Å². The van der Waals surface area contributed by atoms with Gasteiger partial charge < -0.3 is 9.52 Å². The van der Waals surface area contributed by atoms with Gasteiger partial charge >= 0.3 is 0 Å². The predicted molar refractivity (Wildman–Crippen MR) is 64.1 cm³/mol. The van der Waals surface area contributed by atoms with Crippen LogP contribution in [-0.4, -0.2) is 5.11 Å². The highest BCUT2D eigenvalue weighted by molar-refractivity contribution is 5.62. The summed E-state index contributed by atoms with van der Waals surface area (Å²) < 4.78 is 18.9. The van der Waals surface area contributed by atoms with Crippen LogP contribution in [-0.2, 0) is 0 Å². The molecule has 2 nitrogen and oxygen atoms in total. The molecule has 1 heterocycles. The molecule has 0 saturated carbocycles. The molecule has 0 fully saturated rings. The maximum atomic E-state index is 13.4. The Balaban J connectivity index is 2.40. The summed E-state index contributed by atoms with van der Waals surface area (Å²) in [6.45, 7) is 3.59. The summed E-state index contributed by atoms with van der Waals surface area (Å²) in [5, 5.41) is 9.65. The highest BCUT2D eigenvalue weighted by Crippen LogP contribution is 2.29. The summed E-state index contributed by atoms with van der Waals surface area (Å²) in [6.07, 6.45) is -0.00708. The molecule has 0 saturated heterocycles. The average Bonchev–Trinajstić information content (AvgIpc) is 2.81. The Labute approximate surface area is 99.7 Å². The monoisotopic (exact) mass is 234 g/mol. The molecule has 2 rings (SSSR count). The summed E-state index contributed by atoms with van der Waals surface area (Å²) in [4.78, 5) is 0. The lowest BCUT2D eigenvalue weighted by atomic mass is 10.1. The molecule has 0 aliphatic rings. The van der Waals surface area contributed by atoms with Crippen molar-refractivity contribution in [1.82, 2.24) is 0 Å². The van der Waals surface area contributed by atoms with E-state index in [-0.39, 0.29) is 5.82 Å². The van der Waals surface area contributed by atoms with Gasteiger partial charge in [0.2, 0.25) is 0 Å². The quantitative estimate of drug-likeness (QED) is 0.875. The lowest BCUT2D eigenvalue weighted by Crippen LogP contribution is -1.91. The van der Waals surface area contributed by atoms with Crippen LogP contribution in [0.3, 0.4) is 0 Å². The van der Waals surface area contributed by atoms with Gasteiger partial charge in [0.1, 0.15) is 23.4 Å². The lowest BCUT2D eigenvalue weighted by molar-refractivity contribution is 0.147. The molecule has 0 spiro atoms. The molecule has 3 heteroatoms. The number of furan rings is 1. The van der Waals surface area contributed by atoms with Crippen LogP contribution >= 0.6 is 0 Å². The Morgan fingerprint density at radius 3 is 2.76 bits per heavy atom. The average molecular weight is 234 g/mol. The second-order valence-electron chi connectivity index (χ2n) is 4.04. The first kappa shape index (κ1) is 11.9. The van der Waals surface area contributed by atoms with Crippen LogP contribution in [0.15, 0.2) is 34.7 Å². The largest absolute Gasteiger partial charge is 0.458 e. The number of benzene rings is 1. The van der Waals surface area contributed by atoms with Gasteiger partial charge in [0.05, 0.1) is 0 Å². The maximum Gasteiger partial charge on any atom is 0.134 e. The van der Waals surface area contributed by atoms with E-state index in [2.05, 4.69) is 0 Å². The predicted octanol–water partition coefficient (Wildman–Crippen LogP) is 3.84. The zero-order chi connectivity index (χ0) is 12.4. The van der Waals surface area contributed by atoms with Crippen LogP contribution in [0.4, 0.5) is 4.39 Å². The molecule has 1 unspecified atom stereocenters. The summed E-state index contributed by atoms with van der Waals surface area (Å²) in [5.41, 5.74) is 1.28. The van der Waals surface area contributed by atoms with Gasteiger partial charge in [0.25, 0.3) is 0 Å². The molecule has 0 aliphatic heterocycles. The van der Waals surface area contributed by atoms with Crippen LogP contribution in [0.25, 0.3) is 11.3 Å². The Morgan fingerprint density at radius 2 is 2.06 bits per heavy atom. The molecule has 0 bridgehead atoms. The second-order valence-corrected chi connectivity index (χ2v) is 4.04. The Kier molecular flexibility index (Phi) is 3.29. The van der Waals surface area contributed by atoms with Gasteiger partial charge in [-0.25, -0.2) is 4.39 Å². The van der Waals surface area contributed by atoms with Crippen LogP contribution in [0.2, 0.25) is 0 Å². The van der Waals surface area contributed by atoms with Gasteiger partial charge in [0.15, 0.2) is 0 Å². The standard InChI is InChI=1S/C14H15FO2/c1-3-12(16)14-8-7-13(17-14)10-5-4-6-11(15)9(10)2/h4-8,12,16H,3H2,1-2H3. The van der Waals surface area contributed by atoms with Crippen molar-refractivity contribution in [2.75, 3.05) is 0 Å². The number of rotatable bonds is 3. The van der Waals surface area contributed by atoms with Gasteiger partial charge in [-0.05, 0) is 37.1 Å². The van der Waals surface area contributed by atoms with E-state index in [1.807, 2.05) is 6.92 Å². The van der Waals surface area contributed by atoms with Crippen LogP contribution < -0.4 is 0 Å². The molecule has 1 aromatic carbocycles. The van der Waals surface area contributed by atoms with Crippen molar-refractivity contribution < 1.29 is 13.9 Å². The summed E-state index contributed by atoms with van der Waals surface area (Å²) in [5.74, 6) is 0.854.